The lowest BCUT2D eigenvalue weighted by Crippen LogP contribution is -2.41. The predicted octanol–water partition coefficient (Wildman–Crippen LogP) is 2.26. The molecule has 2 heterocycles. The number of aromatic nitrogens is 2. The Labute approximate surface area is 128 Å². The maximum absolute atomic E-state index is 13.0. The Morgan fingerprint density at radius 2 is 1.95 bits per heavy atom. The van der Waals surface area contributed by atoms with E-state index < -0.39 is 0 Å². The highest BCUT2D eigenvalue weighted by Crippen LogP contribution is 2.18. The standard InChI is InChI=1S/C16H18FN3O2/c1-22-14-6-8-19(9-7-14)16(21)15-10-18-11-20(15)13-4-2-12(17)3-5-13/h2-5,10-11,14H,6-9H2,1H3. The number of nitrogens with zero attached hydrogens (tertiary/aromatic N) is 3. The Morgan fingerprint density at radius 1 is 1.27 bits per heavy atom. The normalized spacial score (nSPS) is 16.0. The molecule has 1 aromatic carbocycles. The summed E-state index contributed by atoms with van der Waals surface area (Å²) in [5, 5.41) is 0. The maximum atomic E-state index is 13.0. The minimum Gasteiger partial charge on any atom is -0.381 e. The molecule has 1 fully saturated rings. The molecule has 0 N–H and O–H groups in total. The summed E-state index contributed by atoms with van der Waals surface area (Å²) in [4.78, 5) is 18.5. The van der Waals surface area contributed by atoms with E-state index in [9.17, 15) is 9.18 Å². The number of rotatable bonds is 3. The number of hydrogen-bond acceptors (Lipinski definition) is 3. The second-order valence-corrected chi connectivity index (χ2v) is 5.35. The highest BCUT2D eigenvalue weighted by Gasteiger charge is 2.25. The molecule has 0 aliphatic carbocycles. The molecule has 0 saturated carbocycles. The van der Waals surface area contributed by atoms with Crippen molar-refractivity contribution < 1.29 is 13.9 Å². The van der Waals surface area contributed by atoms with Crippen molar-refractivity contribution in [3.8, 4) is 5.69 Å². The van der Waals surface area contributed by atoms with Crippen LogP contribution in [0.2, 0.25) is 0 Å². The largest absolute Gasteiger partial charge is 0.381 e. The zero-order valence-electron chi connectivity index (χ0n) is 12.4. The van der Waals surface area contributed by atoms with E-state index in [2.05, 4.69) is 4.98 Å². The van der Waals surface area contributed by atoms with Crippen LogP contribution >= 0.6 is 0 Å². The molecular weight excluding hydrogens is 285 g/mol. The smallest absolute Gasteiger partial charge is 0.272 e. The second kappa shape index (κ2) is 6.27. The Balaban J connectivity index is 1.80. The van der Waals surface area contributed by atoms with E-state index >= 15 is 0 Å². The number of halogens is 1. The summed E-state index contributed by atoms with van der Waals surface area (Å²) in [5.41, 5.74) is 1.21. The van der Waals surface area contributed by atoms with Crippen LogP contribution in [0.4, 0.5) is 4.39 Å². The van der Waals surface area contributed by atoms with E-state index in [-0.39, 0.29) is 17.8 Å². The van der Waals surface area contributed by atoms with Gasteiger partial charge in [-0.1, -0.05) is 0 Å². The van der Waals surface area contributed by atoms with Crippen molar-refractivity contribution in [2.45, 2.75) is 18.9 Å². The van der Waals surface area contributed by atoms with E-state index in [1.165, 1.54) is 12.1 Å². The van der Waals surface area contributed by atoms with Gasteiger partial charge in [-0.25, -0.2) is 9.37 Å². The van der Waals surface area contributed by atoms with Crippen LogP contribution < -0.4 is 0 Å². The number of amides is 1. The summed E-state index contributed by atoms with van der Waals surface area (Å²) in [6, 6.07) is 6.00. The first-order valence-corrected chi connectivity index (χ1v) is 7.29. The minimum atomic E-state index is -0.307. The fourth-order valence-corrected chi connectivity index (χ4v) is 2.72. The third kappa shape index (κ3) is 2.87. The summed E-state index contributed by atoms with van der Waals surface area (Å²) >= 11 is 0. The zero-order valence-corrected chi connectivity index (χ0v) is 12.4. The summed E-state index contributed by atoms with van der Waals surface area (Å²) in [7, 11) is 1.70. The van der Waals surface area contributed by atoms with Crippen LogP contribution in [0.1, 0.15) is 23.3 Å². The van der Waals surface area contributed by atoms with Crippen LogP contribution in [0.5, 0.6) is 0 Å². The van der Waals surface area contributed by atoms with E-state index in [0.717, 1.165) is 12.8 Å². The second-order valence-electron chi connectivity index (χ2n) is 5.35. The molecule has 116 valence electrons. The molecule has 5 nitrogen and oxygen atoms in total. The zero-order chi connectivity index (χ0) is 15.5. The SMILES string of the molecule is COC1CCN(C(=O)c2cncn2-c2ccc(F)cc2)CC1. The first-order valence-electron chi connectivity index (χ1n) is 7.29. The lowest BCUT2D eigenvalue weighted by atomic mass is 10.1. The number of imidazole rings is 1. The van der Waals surface area contributed by atoms with Crippen LogP contribution in [0.15, 0.2) is 36.8 Å². The van der Waals surface area contributed by atoms with Crippen molar-refractivity contribution >= 4 is 5.91 Å². The van der Waals surface area contributed by atoms with E-state index in [1.54, 1.807) is 36.3 Å². The van der Waals surface area contributed by atoms with Crippen molar-refractivity contribution in [1.82, 2.24) is 14.5 Å². The molecule has 2 aromatic rings. The number of hydrogen-bond donors (Lipinski definition) is 0. The van der Waals surface area contributed by atoms with Gasteiger partial charge in [-0.15, -0.1) is 0 Å². The number of piperidine rings is 1. The van der Waals surface area contributed by atoms with Gasteiger partial charge in [-0.2, -0.15) is 0 Å². The third-order valence-corrected chi connectivity index (χ3v) is 4.02. The summed E-state index contributed by atoms with van der Waals surface area (Å²) in [5.74, 6) is -0.366. The van der Waals surface area contributed by atoms with Crippen molar-refractivity contribution in [1.29, 1.82) is 0 Å². The number of ether oxygens (including phenoxy) is 1. The van der Waals surface area contributed by atoms with Gasteiger partial charge in [-0.05, 0) is 37.1 Å². The average molecular weight is 303 g/mol. The molecule has 1 amide bonds. The van der Waals surface area contributed by atoms with Gasteiger partial charge in [0.2, 0.25) is 0 Å². The van der Waals surface area contributed by atoms with Gasteiger partial charge in [0, 0.05) is 25.9 Å². The molecule has 1 aromatic heterocycles. The molecule has 0 atom stereocenters. The molecule has 1 saturated heterocycles. The van der Waals surface area contributed by atoms with Crippen LogP contribution in [-0.4, -0.2) is 46.7 Å². The van der Waals surface area contributed by atoms with Gasteiger partial charge in [0.05, 0.1) is 18.6 Å². The van der Waals surface area contributed by atoms with Gasteiger partial charge >= 0.3 is 0 Å². The molecule has 22 heavy (non-hydrogen) atoms. The van der Waals surface area contributed by atoms with Crippen molar-refractivity contribution in [3.63, 3.8) is 0 Å². The van der Waals surface area contributed by atoms with Gasteiger partial charge in [-0.3, -0.25) is 9.36 Å². The Hall–Kier alpha value is -2.21. The molecule has 3 rings (SSSR count). The van der Waals surface area contributed by atoms with E-state index in [1.807, 2.05) is 4.90 Å². The maximum Gasteiger partial charge on any atom is 0.272 e. The van der Waals surface area contributed by atoms with Gasteiger partial charge in [0.1, 0.15) is 11.5 Å². The average Bonchev–Trinajstić information content (AvgIpc) is 3.04. The predicted molar refractivity (Wildman–Crippen MR) is 79.5 cm³/mol. The highest BCUT2D eigenvalue weighted by molar-refractivity contribution is 5.93. The minimum absolute atomic E-state index is 0.0589. The van der Waals surface area contributed by atoms with E-state index in [4.69, 9.17) is 4.74 Å². The van der Waals surface area contributed by atoms with Crippen molar-refractivity contribution in [2.75, 3.05) is 20.2 Å². The van der Waals surface area contributed by atoms with Crippen molar-refractivity contribution in [2.24, 2.45) is 0 Å². The highest BCUT2D eigenvalue weighted by atomic mass is 19.1. The Morgan fingerprint density at radius 3 is 2.59 bits per heavy atom. The third-order valence-electron chi connectivity index (χ3n) is 4.02. The number of carbonyl (C=O) groups excluding carboxylic acids is 1. The fraction of sp³-hybridized carbons (Fsp3) is 0.375. The summed E-state index contributed by atoms with van der Waals surface area (Å²) < 4.78 is 20.0. The summed E-state index contributed by atoms with van der Waals surface area (Å²) in [6.07, 6.45) is 5.03. The Kier molecular flexibility index (Phi) is 4.20. The molecule has 1 aliphatic rings. The lowest BCUT2D eigenvalue weighted by molar-refractivity contribution is 0.0346. The Bertz CT molecular complexity index is 646. The number of methoxy groups -OCH3 is 1. The lowest BCUT2D eigenvalue weighted by Gasteiger charge is -2.31. The quantitative estimate of drug-likeness (QED) is 0.874. The van der Waals surface area contributed by atoms with Crippen LogP contribution in [0.25, 0.3) is 5.69 Å². The number of carbonyl (C=O) groups is 1. The van der Waals surface area contributed by atoms with Crippen molar-refractivity contribution in [3.05, 3.63) is 48.3 Å². The van der Waals surface area contributed by atoms with Crippen LogP contribution in [0.3, 0.4) is 0 Å². The van der Waals surface area contributed by atoms with Gasteiger partial charge < -0.3 is 9.64 Å². The van der Waals surface area contributed by atoms with Crippen LogP contribution in [0, 0.1) is 5.82 Å². The molecule has 0 radical (unpaired) electrons. The monoisotopic (exact) mass is 303 g/mol. The molecule has 1 aliphatic heterocycles. The number of likely N-dealkylation sites (tertiary alicyclic amines) is 1. The first kappa shape index (κ1) is 14.7. The van der Waals surface area contributed by atoms with Gasteiger partial charge in [0.25, 0.3) is 5.91 Å². The molecule has 0 spiro atoms. The molecule has 6 heteroatoms. The van der Waals surface area contributed by atoms with Gasteiger partial charge in [0.15, 0.2) is 0 Å². The molecule has 0 unspecified atom stereocenters. The topological polar surface area (TPSA) is 47.4 Å². The fourth-order valence-electron chi connectivity index (χ4n) is 2.72. The molecule has 0 bridgehead atoms. The number of benzene rings is 1. The van der Waals surface area contributed by atoms with E-state index in [0.29, 0.717) is 24.5 Å². The summed E-state index contributed by atoms with van der Waals surface area (Å²) in [6.45, 7) is 1.35. The van der Waals surface area contributed by atoms with Crippen LogP contribution in [-0.2, 0) is 4.74 Å². The first-order chi connectivity index (χ1) is 10.7. The molecular formula is C16H18FN3O2.